The maximum atomic E-state index is 10.7. The molecule has 1 heterocycles. The fourth-order valence-electron chi connectivity index (χ4n) is 1.74. The van der Waals surface area contributed by atoms with E-state index in [0.29, 0.717) is 0 Å². The van der Waals surface area contributed by atoms with E-state index in [0.717, 1.165) is 19.1 Å². The molecule has 0 unspecified atom stereocenters. The smallest absolute Gasteiger partial charge is 0.311 e. The third-order valence-corrected chi connectivity index (χ3v) is 2.69. The quantitative estimate of drug-likeness (QED) is 0.471. The summed E-state index contributed by atoms with van der Waals surface area (Å²) in [4.78, 5) is 24.6. The van der Waals surface area contributed by atoms with Crippen LogP contribution in [-0.2, 0) is 4.79 Å². The van der Waals surface area contributed by atoms with E-state index in [9.17, 15) is 14.9 Å². The number of hydrogen-bond acceptors (Lipinski definition) is 5. The summed E-state index contributed by atoms with van der Waals surface area (Å²) in [6.45, 7) is 0. The van der Waals surface area contributed by atoms with Gasteiger partial charge in [0.15, 0.2) is 0 Å². The average Bonchev–Trinajstić information content (AvgIpc) is 2.23. The second-order valence-corrected chi connectivity index (χ2v) is 3.84. The Balaban J connectivity index is 2.04. The Hall–Kier alpha value is -1.98. The summed E-state index contributed by atoms with van der Waals surface area (Å²) in [6, 6.07) is 3.05. The van der Waals surface area contributed by atoms with Crippen molar-refractivity contribution >= 4 is 17.8 Å². The Morgan fingerprint density at radius 1 is 1.56 bits per heavy atom. The number of anilines is 1. The van der Waals surface area contributed by atoms with Crippen molar-refractivity contribution in [2.75, 3.05) is 5.32 Å². The Labute approximate surface area is 91.8 Å². The van der Waals surface area contributed by atoms with Crippen molar-refractivity contribution < 1.29 is 9.72 Å². The second kappa shape index (κ2) is 4.26. The number of hydrogen-bond donors (Lipinski definition) is 1. The summed E-state index contributed by atoms with van der Waals surface area (Å²) >= 11 is 0. The number of nitrogens with one attached hydrogen (secondary N) is 1. The molecule has 0 amide bonds. The molecule has 1 aromatic heterocycles. The number of nitrogens with zero attached hydrogens (tertiary/aromatic N) is 2. The predicted molar refractivity (Wildman–Crippen MR) is 57.1 cm³/mol. The van der Waals surface area contributed by atoms with Gasteiger partial charge in [-0.05, 0) is 18.9 Å². The number of pyridine rings is 1. The minimum atomic E-state index is -0.467. The van der Waals surface area contributed by atoms with E-state index in [1.165, 1.54) is 18.3 Å². The van der Waals surface area contributed by atoms with Crippen LogP contribution < -0.4 is 5.32 Å². The molecule has 6 nitrogen and oxygen atoms in total. The van der Waals surface area contributed by atoms with E-state index >= 15 is 0 Å². The first-order valence-corrected chi connectivity index (χ1v) is 5.02. The highest BCUT2D eigenvalue weighted by Gasteiger charge is 2.30. The van der Waals surface area contributed by atoms with E-state index in [-0.39, 0.29) is 23.5 Å². The van der Waals surface area contributed by atoms with Crippen LogP contribution in [0.4, 0.5) is 11.5 Å². The molecule has 1 saturated carbocycles. The Kier molecular flexibility index (Phi) is 2.80. The average molecular weight is 221 g/mol. The summed E-state index contributed by atoms with van der Waals surface area (Å²) in [7, 11) is 0. The lowest BCUT2D eigenvalue weighted by Gasteiger charge is -2.32. The lowest BCUT2D eigenvalue weighted by molar-refractivity contribution is -0.384. The highest BCUT2D eigenvalue weighted by molar-refractivity contribution is 5.59. The zero-order valence-electron chi connectivity index (χ0n) is 8.50. The van der Waals surface area contributed by atoms with Gasteiger partial charge in [0.25, 0.3) is 0 Å². The fraction of sp³-hybridized carbons (Fsp3) is 0.400. The van der Waals surface area contributed by atoms with Crippen molar-refractivity contribution in [3.8, 4) is 0 Å². The van der Waals surface area contributed by atoms with Crippen LogP contribution in [-0.4, -0.2) is 22.2 Å². The molecule has 1 N–H and O–H groups in total. The van der Waals surface area contributed by atoms with Crippen LogP contribution >= 0.6 is 0 Å². The molecule has 0 saturated heterocycles. The monoisotopic (exact) mass is 221 g/mol. The van der Waals surface area contributed by atoms with E-state index in [1.807, 2.05) is 0 Å². The van der Waals surface area contributed by atoms with Gasteiger partial charge in [0.05, 0.1) is 4.92 Å². The first-order chi connectivity index (χ1) is 7.70. The van der Waals surface area contributed by atoms with Crippen LogP contribution in [0.3, 0.4) is 0 Å². The minimum absolute atomic E-state index is 0.0305. The molecule has 0 spiro atoms. The number of carbonyl (C=O) groups is 1. The van der Waals surface area contributed by atoms with Crippen LogP contribution in [0.2, 0.25) is 0 Å². The lowest BCUT2D eigenvalue weighted by Crippen LogP contribution is -2.36. The van der Waals surface area contributed by atoms with Crippen molar-refractivity contribution in [1.82, 2.24) is 4.98 Å². The van der Waals surface area contributed by atoms with Gasteiger partial charge in [-0.3, -0.25) is 10.1 Å². The number of aldehydes is 1. The highest BCUT2D eigenvalue weighted by atomic mass is 16.6. The molecule has 2 rings (SSSR count). The third-order valence-electron chi connectivity index (χ3n) is 2.69. The van der Waals surface area contributed by atoms with Gasteiger partial charge in [-0.15, -0.1) is 0 Å². The molecular formula is C10H11N3O3. The fourth-order valence-corrected chi connectivity index (χ4v) is 1.74. The zero-order chi connectivity index (χ0) is 11.5. The maximum absolute atomic E-state index is 10.7. The molecule has 0 radical (unpaired) electrons. The standard InChI is InChI=1S/C10H11N3O3/c14-6-7-4-8(5-7)12-10-9(13(15)16)2-1-3-11-10/h1-3,6-8H,4-5H2,(H,11,12). The van der Waals surface area contributed by atoms with Crippen LogP contribution in [0.25, 0.3) is 0 Å². The van der Waals surface area contributed by atoms with Crippen molar-refractivity contribution in [1.29, 1.82) is 0 Å². The topological polar surface area (TPSA) is 85.1 Å². The van der Waals surface area contributed by atoms with E-state index in [4.69, 9.17) is 0 Å². The van der Waals surface area contributed by atoms with Gasteiger partial charge >= 0.3 is 5.69 Å². The Morgan fingerprint density at radius 3 is 2.94 bits per heavy atom. The molecule has 1 aliphatic carbocycles. The molecule has 0 aromatic carbocycles. The largest absolute Gasteiger partial charge is 0.362 e. The Bertz CT molecular complexity index is 416. The summed E-state index contributed by atoms with van der Waals surface area (Å²) in [5, 5.41) is 13.7. The second-order valence-electron chi connectivity index (χ2n) is 3.84. The number of rotatable bonds is 4. The van der Waals surface area contributed by atoms with Gasteiger partial charge in [0.2, 0.25) is 5.82 Å². The molecule has 16 heavy (non-hydrogen) atoms. The number of aromatic nitrogens is 1. The van der Waals surface area contributed by atoms with Crippen molar-refractivity contribution in [3.05, 3.63) is 28.4 Å². The summed E-state index contributed by atoms with van der Waals surface area (Å²) in [6.07, 6.45) is 3.87. The normalized spacial score (nSPS) is 23.2. The Morgan fingerprint density at radius 2 is 2.31 bits per heavy atom. The van der Waals surface area contributed by atoms with Crippen molar-refractivity contribution in [2.24, 2.45) is 5.92 Å². The first-order valence-electron chi connectivity index (χ1n) is 5.02. The molecule has 0 aliphatic heterocycles. The van der Waals surface area contributed by atoms with E-state index < -0.39 is 4.92 Å². The maximum Gasteiger partial charge on any atom is 0.311 e. The van der Waals surface area contributed by atoms with Crippen LogP contribution in [0.5, 0.6) is 0 Å². The molecule has 6 heteroatoms. The highest BCUT2D eigenvalue weighted by Crippen LogP contribution is 2.30. The lowest BCUT2D eigenvalue weighted by atomic mass is 9.81. The van der Waals surface area contributed by atoms with Gasteiger partial charge in [-0.1, -0.05) is 0 Å². The van der Waals surface area contributed by atoms with Crippen LogP contribution in [0.1, 0.15) is 12.8 Å². The molecule has 0 atom stereocenters. The van der Waals surface area contributed by atoms with Gasteiger partial charge in [-0.2, -0.15) is 0 Å². The van der Waals surface area contributed by atoms with E-state index in [2.05, 4.69) is 10.3 Å². The van der Waals surface area contributed by atoms with Crippen molar-refractivity contribution in [2.45, 2.75) is 18.9 Å². The molecule has 0 bridgehead atoms. The van der Waals surface area contributed by atoms with E-state index in [1.54, 1.807) is 0 Å². The summed E-state index contributed by atoms with van der Waals surface area (Å²) in [5.74, 6) is 0.363. The number of carbonyl (C=O) groups excluding carboxylic acids is 1. The predicted octanol–water partition coefficient (Wildman–Crippen LogP) is 1.38. The summed E-state index contributed by atoms with van der Waals surface area (Å²) < 4.78 is 0. The zero-order valence-corrected chi connectivity index (χ0v) is 8.50. The molecule has 1 aliphatic rings. The van der Waals surface area contributed by atoms with Gasteiger partial charge < -0.3 is 10.1 Å². The summed E-state index contributed by atoms with van der Waals surface area (Å²) in [5.41, 5.74) is -0.0305. The third kappa shape index (κ3) is 2.00. The molecular weight excluding hydrogens is 210 g/mol. The SMILES string of the molecule is O=CC1CC(Nc2ncccc2[N+](=O)[O-])C1. The number of nitro groups is 1. The minimum Gasteiger partial charge on any atom is -0.362 e. The van der Waals surface area contributed by atoms with Crippen LogP contribution in [0.15, 0.2) is 18.3 Å². The van der Waals surface area contributed by atoms with Gasteiger partial charge in [-0.25, -0.2) is 4.98 Å². The molecule has 1 aromatic rings. The van der Waals surface area contributed by atoms with Gasteiger partial charge in [0, 0.05) is 24.2 Å². The van der Waals surface area contributed by atoms with Crippen LogP contribution in [0, 0.1) is 16.0 Å². The van der Waals surface area contributed by atoms with Crippen molar-refractivity contribution in [3.63, 3.8) is 0 Å². The van der Waals surface area contributed by atoms with Gasteiger partial charge in [0.1, 0.15) is 6.29 Å². The molecule has 84 valence electrons. The first kappa shape index (κ1) is 10.5. The molecule has 1 fully saturated rings.